The zero-order valence-electron chi connectivity index (χ0n) is 10.7. The Bertz CT molecular complexity index is 797. The number of aromatic nitrogens is 3. The lowest BCUT2D eigenvalue weighted by Gasteiger charge is -2.06. The summed E-state index contributed by atoms with van der Waals surface area (Å²) in [5.41, 5.74) is 0.342. The van der Waals surface area contributed by atoms with Gasteiger partial charge < -0.3 is 5.32 Å². The molecule has 5 nitrogen and oxygen atoms in total. The number of nitrogens with zero attached hydrogens (tertiary/aromatic N) is 3. The summed E-state index contributed by atoms with van der Waals surface area (Å²) in [5, 5.41) is 7.27. The minimum absolute atomic E-state index is 0.156. The summed E-state index contributed by atoms with van der Waals surface area (Å²) in [7, 11) is 1.71. The van der Waals surface area contributed by atoms with Gasteiger partial charge in [-0.15, -0.1) is 0 Å². The molecular weight excluding hydrogens is 259 g/mol. The van der Waals surface area contributed by atoms with Crippen LogP contribution in [-0.2, 0) is 7.05 Å². The minimum Gasteiger partial charge on any atom is -0.305 e. The van der Waals surface area contributed by atoms with Gasteiger partial charge in [-0.3, -0.25) is 9.48 Å². The molecule has 2 heterocycles. The molecule has 0 aliphatic heterocycles. The first-order valence-electron chi connectivity index (χ1n) is 6.00. The van der Waals surface area contributed by atoms with Crippen LogP contribution in [0, 0.1) is 5.82 Å². The Morgan fingerprint density at radius 2 is 2.10 bits per heavy atom. The molecule has 3 rings (SSSR count). The molecule has 2 aromatic heterocycles. The average molecular weight is 270 g/mol. The van der Waals surface area contributed by atoms with E-state index in [0.717, 1.165) is 0 Å². The first kappa shape index (κ1) is 12.3. The normalized spacial score (nSPS) is 10.7. The molecule has 6 heteroatoms. The third-order valence-corrected chi connectivity index (χ3v) is 2.97. The molecular formula is C14H11FN4O. The third kappa shape index (κ3) is 2.11. The Kier molecular flexibility index (Phi) is 2.90. The lowest BCUT2D eigenvalue weighted by molar-refractivity contribution is 0.102. The lowest BCUT2D eigenvalue weighted by atomic mass is 10.2. The Labute approximate surface area is 114 Å². The van der Waals surface area contributed by atoms with Crippen molar-refractivity contribution in [2.75, 3.05) is 5.32 Å². The van der Waals surface area contributed by atoms with Crippen molar-refractivity contribution in [3.05, 3.63) is 54.1 Å². The molecule has 0 aliphatic carbocycles. The summed E-state index contributed by atoms with van der Waals surface area (Å²) in [6, 6.07) is 9.57. The number of fused-ring (bicyclic) bond motifs is 1. The van der Waals surface area contributed by atoms with Gasteiger partial charge in [0.2, 0.25) is 0 Å². The van der Waals surface area contributed by atoms with Gasteiger partial charge in [0.1, 0.15) is 22.8 Å². The van der Waals surface area contributed by atoms with Gasteiger partial charge in [-0.25, -0.2) is 9.37 Å². The van der Waals surface area contributed by atoms with E-state index in [4.69, 9.17) is 0 Å². The summed E-state index contributed by atoms with van der Waals surface area (Å²) in [6.07, 6.45) is 1.57. The number of pyridine rings is 1. The number of halogens is 1. The van der Waals surface area contributed by atoms with Crippen molar-refractivity contribution in [1.29, 1.82) is 0 Å². The summed E-state index contributed by atoms with van der Waals surface area (Å²) in [4.78, 5) is 16.2. The van der Waals surface area contributed by atoms with Crippen LogP contribution in [0.3, 0.4) is 0 Å². The first-order valence-corrected chi connectivity index (χ1v) is 6.00. The number of hydrogen-bond acceptors (Lipinski definition) is 3. The van der Waals surface area contributed by atoms with Crippen LogP contribution in [0.25, 0.3) is 10.9 Å². The van der Waals surface area contributed by atoms with Gasteiger partial charge in [0.15, 0.2) is 0 Å². The van der Waals surface area contributed by atoms with Crippen LogP contribution in [0.5, 0.6) is 0 Å². The van der Waals surface area contributed by atoms with Gasteiger partial charge in [-0.05, 0) is 12.1 Å². The predicted octanol–water partition coefficient (Wildman–Crippen LogP) is 2.36. The molecule has 20 heavy (non-hydrogen) atoms. The number of rotatable bonds is 2. The van der Waals surface area contributed by atoms with E-state index in [-0.39, 0.29) is 11.2 Å². The van der Waals surface area contributed by atoms with E-state index in [9.17, 15) is 9.18 Å². The van der Waals surface area contributed by atoms with Crippen molar-refractivity contribution in [2.45, 2.75) is 0 Å². The van der Waals surface area contributed by atoms with Crippen LogP contribution in [-0.4, -0.2) is 20.7 Å². The Balaban J connectivity index is 1.96. The quantitative estimate of drug-likeness (QED) is 0.777. The summed E-state index contributed by atoms with van der Waals surface area (Å²) in [6.45, 7) is 0. The standard InChI is InChI=1S/C14H11FN4O/c1-19-12(7-8-16-19)18-14(20)11-6-5-9-3-2-4-10(15)13(9)17-11/h2-8H,1H3,(H,18,20). The number of carbonyl (C=O) groups is 1. The van der Waals surface area contributed by atoms with Gasteiger partial charge in [0.25, 0.3) is 5.91 Å². The Morgan fingerprint density at radius 1 is 1.25 bits per heavy atom. The second-order valence-corrected chi connectivity index (χ2v) is 4.30. The maximum atomic E-state index is 13.7. The molecule has 0 atom stereocenters. The Morgan fingerprint density at radius 3 is 2.85 bits per heavy atom. The molecule has 0 saturated carbocycles. The fraction of sp³-hybridized carbons (Fsp3) is 0.0714. The summed E-state index contributed by atoms with van der Waals surface area (Å²) in [5.74, 6) is -0.304. The van der Waals surface area contributed by atoms with Gasteiger partial charge in [0.05, 0.1) is 6.20 Å². The SMILES string of the molecule is Cn1nccc1NC(=O)c1ccc2cccc(F)c2n1. The summed E-state index contributed by atoms with van der Waals surface area (Å²) >= 11 is 0. The van der Waals surface area contributed by atoms with E-state index >= 15 is 0 Å². The number of hydrogen-bond donors (Lipinski definition) is 1. The van der Waals surface area contributed by atoms with E-state index in [1.807, 2.05) is 0 Å². The molecule has 3 aromatic rings. The zero-order chi connectivity index (χ0) is 14.1. The van der Waals surface area contributed by atoms with Crippen LogP contribution in [0.1, 0.15) is 10.5 Å². The number of nitrogens with one attached hydrogen (secondary N) is 1. The van der Waals surface area contributed by atoms with E-state index < -0.39 is 11.7 Å². The molecule has 0 unspecified atom stereocenters. The van der Waals surface area contributed by atoms with Crippen LogP contribution in [0.2, 0.25) is 0 Å². The van der Waals surface area contributed by atoms with Crippen LogP contribution < -0.4 is 5.32 Å². The molecule has 0 bridgehead atoms. The van der Waals surface area contributed by atoms with E-state index in [1.54, 1.807) is 43.6 Å². The third-order valence-electron chi connectivity index (χ3n) is 2.97. The predicted molar refractivity (Wildman–Crippen MR) is 72.9 cm³/mol. The molecule has 0 saturated heterocycles. The van der Waals surface area contributed by atoms with Crippen LogP contribution in [0.4, 0.5) is 10.2 Å². The molecule has 0 spiro atoms. The largest absolute Gasteiger partial charge is 0.305 e. The number of anilines is 1. The van der Waals surface area contributed by atoms with Crippen molar-refractivity contribution >= 4 is 22.6 Å². The van der Waals surface area contributed by atoms with Crippen LogP contribution >= 0.6 is 0 Å². The number of carbonyl (C=O) groups excluding carboxylic acids is 1. The topological polar surface area (TPSA) is 59.8 Å². The zero-order valence-corrected chi connectivity index (χ0v) is 10.7. The van der Waals surface area contributed by atoms with Crippen molar-refractivity contribution in [3.8, 4) is 0 Å². The van der Waals surface area contributed by atoms with Crippen LogP contribution in [0.15, 0.2) is 42.6 Å². The number of para-hydroxylation sites is 1. The highest BCUT2D eigenvalue weighted by Crippen LogP contribution is 2.16. The molecule has 1 N–H and O–H groups in total. The maximum Gasteiger partial charge on any atom is 0.275 e. The van der Waals surface area contributed by atoms with Crippen molar-refractivity contribution in [2.24, 2.45) is 7.05 Å². The van der Waals surface area contributed by atoms with Crippen molar-refractivity contribution in [1.82, 2.24) is 14.8 Å². The molecule has 0 radical (unpaired) electrons. The smallest absolute Gasteiger partial charge is 0.275 e. The Hall–Kier alpha value is -2.76. The highest BCUT2D eigenvalue weighted by Gasteiger charge is 2.11. The number of benzene rings is 1. The molecule has 0 fully saturated rings. The van der Waals surface area contributed by atoms with Crippen molar-refractivity contribution in [3.63, 3.8) is 0 Å². The lowest BCUT2D eigenvalue weighted by Crippen LogP contribution is -2.16. The summed E-state index contributed by atoms with van der Waals surface area (Å²) < 4.78 is 15.2. The minimum atomic E-state index is -0.447. The molecule has 0 aliphatic rings. The monoisotopic (exact) mass is 270 g/mol. The maximum absolute atomic E-state index is 13.7. The van der Waals surface area contributed by atoms with E-state index in [1.165, 1.54) is 10.7 Å². The fourth-order valence-electron chi connectivity index (χ4n) is 1.91. The van der Waals surface area contributed by atoms with Gasteiger partial charge >= 0.3 is 0 Å². The number of amides is 1. The van der Waals surface area contributed by atoms with Crippen molar-refractivity contribution < 1.29 is 9.18 Å². The average Bonchev–Trinajstić information content (AvgIpc) is 2.84. The first-order chi connectivity index (χ1) is 9.65. The van der Waals surface area contributed by atoms with Gasteiger partial charge in [-0.1, -0.05) is 18.2 Å². The highest BCUT2D eigenvalue weighted by atomic mass is 19.1. The molecule has 1 aromatic carbocycles. The van der Waals surface area contributed by atoms with Gasteiger partial charge in [-0.2, -0.15) is 5.10 Å². The van der Waals surface area contributed by atoms with E-state index in [2.05, 4.69) is 15.4 Å². The number of aryl methyl sites for hydroxylation is 1. The highest BCUT2D eigenvalue weighted by molar-refractivity contribution is 6.03. The van der Waals surface area contributed by atoms with E-state index in [0.29, 0.717) is 11.2 Å². The second kappa shape index (κ2) is 4.73. The molecule has 100 valence electrons. The molecule has 1 amide bonds. The fourth-order valence-corrected chi connectivity index (χ4v) is 1.91. The second-order valence-electron chi connectivity index (χ2n) is 4.30. The van der Waals surface area contributed by atoms with Gasteiger partial charge in [0, 0.05) is 18.5 Å².